The first-order valence-electron chi connectivity index (χ1n) is 21.4. The molecule has 1 aromatic heterocycles. The predicted molar refractivity (Wildman–Crippen MR) is 268 cm³/mol. The molecule has 0 spiro atoms. The molecule has 0 saturated carbocycles. The minimum absolute atomic E-state index is 0.0143. The Morgan fingerprint density at radius 3 is 1.44 bits per heavy atom. The molecule has 5 nitrogen and oxygen atoms in total. The Labute approximate surface area is 383 Å². The molecule has 5 aromatic rings. The first kappa shape index (κ1) is 47.8. The summed E-state index contributed by atoms with van der Waals surface area (Å²) in [5, 5.41) is 0.194. The number of para-hydroxylation sites is 4. The Kier molecular flexibility index (Phi) is 15.0. The number of H-pyrrole nitrogens is 1. The van der Waals surface area contributed by atoms with E-state index in [4.69, 9.17) is 23.2 Å². The molecular formula is C55H68Cl2N5+3. The highest BCUT2D eigenvalue weighted by atomic mass is 35.5. The highest BCUT2D eigenvalue weighted by molar-refractivity contribution is 6.40. The number of alkyl halides is 2. The van der Waals surface area contributed by atoms with Gasteiger partial charge in [-0.2, -0.15) is 4.58 Å². The Morgan fingerprint density at radius 2 is 1.00 bits per heavy atom. The molecule has 0 saturated heterocycles. The van der Waals surface area contributed by atoms with Gasteiger partial charge in [0, 0.05) is 96.1 Å². The van der Waals surface area contributed by atoms with E-state index in [1.54, 1.807) is 0 Å². The van der Waals surface area contributed by atoms with Gasteiger partial charge in [0.05, 0.1) is 16.2 Å². The Morgan fingerprint density at radius 1 is 0.565 bits per heavy atom. The van der Waals surface area contributed by atoms with Gasteiger partial charge in [-0.15, -0.1) is 23.2 Å². The molecule has 0 amide bonds. The van der Waals surface area contributed by atoms with Crippen molar-refractivity contribution in [1.82, 2.24) is 0 Å². The summed E-state index contributed by atoms with van der Waals surface area (Å²) in [4.78, 5) is 7.39. The van der Waals surface area contributed by atoms with Crippen molar-refractivity contribution in [3.63, 3.8) is 0 Å². The average molecular weight is 870 g/mol. The normalized spacial score (nSPS) is 18.3. The number of anilines is 2. The SMILES string of the molecule is C=C1N(C)c2ccccc2C1(C)C.CC1=[N+](C)c2ccccc2C1(C)C.CN1C(=CC=CC2=[N+](C)c3ccccc3C2(C)C)C(C)(C)c2ccccc21.ClCCl.c1cc[nH+]cc1. The van der Waals surface area contributed by atoms with Gasteiger partial charge in [-0.1, -0.05) is 119 Å². The number of nitrogens with zero attached hydrogens (tertiary/aromatic N) is 4. The van der Waals surface area contributed by atoms with Gasteiger partial charge in [0.2, 0.25) is 11.4 Å². The lowest BCUT2D eigenvalue weighted by Gasteiger charge is -2.23. The van der Waals surface area contributed by atoms with Crippen LogP contribution in [0.2, 0.25) is 0 Å². The Bertz CT molecular complexity index is 2480. The molecule has 5 heterocycles. The highest BCUT2D eigenvalue weighted by Gasteiger charge is 2.43. The van der Waals surface area contributed by atoms with Gasteiger partial charge in [0.25, 0.3) is 0 Å². The second-order valence-electron chi connectivity index (χ2n) is 18.3. The van der Waals surface area contributed by atoms with Crippen molar-refractivity contribution in [1.29, 1.82) is 0 Å². The van der Waals surface area contributed by atoms with Gasteiger partial charge in [0.1, 0.15) is 14.1 Å². The smallest absolute Gasteiger partial charge is 0.209 e. The molecule has 1 N–H and O–H groups in total. The van der Waals surface area contributed by atoms with Gasteiger partial charge in [-0.05, 0) is 57.0 Å². The van der Waals surface area contributed by atoms with Crippen LogP contribution in [0.15, 0.2) is 164 Å². The predicted octanol–water partition coefficient (Wildman–Crippen LogP) is 13.1. The molecule has 0 fully saturated rings. The Balaban J connectivity index is 0.000000173. The number of aromatic amines is 1. The number of hydrogen-bond acceptors (Lipinski definition) is 2. The summed E-state index contributed by atoms with van der Waals surface area (Å²) in [6.07, 6.45) is 10.5. The van der Waals surface area contributed by atoms with Gasteiger partial charge in [0.15, 0.2) is 23.8 Å². The van der Waals surface area contributed by atoms with E-state index in [9.17, 15) is 0 Å². The first-order chi connectivity index (χ1) is 29.3. The number of pyridine rings is 1. The highest BCUT2D eigenvalue weighted by Crippen LogP contribution is 2.47. The number of rotatable bonds is 2. The molecule has 0 aliphatic carbocycles. The van der Waals surface area contributed by atoms with Gasteiger partial charge in [-0.25, -0.2) is 9.56 Å². The summed E-state index contributed by atoms with van der Waals surface area (Å²) in [5.74, 6) is 0. The van der Waals surface area contributed by atoms with Crippen molar-refractivity contribution in [3.8, 4) is 0 Å². The summed E-state index contributed by atoms with van der Waals surface area (Å²) < 4.78 is 4.61. The van der Waals surface area contributed by atoms with E-state index in [1.165, 1.54) is 67.8 Å². The Hall–Kier alpha value is -5.23. The first-order valence-corrected chi connectivity index (χ1v) is 22.5. The molecule has 62 heavy (non-hydrogen) atoms. The number of aromatic nitrogens is 1. The van der Waals surface area contributed by atoms with Crippen LogP contribution in [0.5, 0.6) is 0 Å². The molecule has 0 unspecified atom stereocenters. The maximum Gasteiger partial charge on any atom is 0.209 e. The van der Waals surface area contributed by atoms with E-state index in [0.29, 0.717) is 0 Å². The number of fused-ring (bicyclic) bond motifs is 4. The molecule has 324 valence electrons. The fraction of sp³-hybridized carbons (Fsp3) is 0.327. The number of halogens is 2. The zero-order chi connectivity index (χ0) is 45.6. The number of allylic oxidation sites excluding steroid dienone is 5. The fourth-order valence-corrected chi connectivity index (χ4v) is 9.28. The molecular weight excluding hydrogens is 802 g/mol. The zero-order valence-corrected chi connectivity index (χ0v) is 40.8. The lowest BCUT2D eigenvalue weighted by atomic mass is 9.81. The van der Waals surface area contributed by atoms with Crippen molar-refractivity contribution in [2.75, 3.05) is 43.3 Å². The quantitative estimate of drug-likeness (QED) is 0.131. The summed E-state index contributed by atoms with van der Waals surface area (Å²) in [7, 11) is 8.56. The van der Waals surface area contributed by atoms with Crippen LogP contribution in [0.4, 0.5) is 22.7 Å². The van der Waals surface area contributed by atoms with Crippen LogP contribution in [0.3, 0.4) is 0 Å². The van der Waals surface area contributed by atoms with Crippen molar-refractivity contribution >= 4 is 57.4 Å². The lowest BCUT2D eigenvalue weighted by molar-refractivity contribution is -0.403. The van der Waals surface area contributed by atoms with Gasteiger partial charge < -0.3 is 9.80 Å². The van der Waals surface area contributed by atoms with Crippen LogP contribution < -0.4 is 14.8 Å². The summed E-state index contributed by atoms with van der Waals surface area (Å²) in [6, 6.07) is 40.4. The summed E-state index contributed by atoms with van der Waals surface area (Å²) >= 11 is 9.53. The van der Waals surface area contributed by atoms with E-state index in [0.717, 1.165) is 0 Å². The maximum atomic E-state index is 4.76. The lowest BCUT2D eigenvalue weighted by Crippen LogP contribution is -2.26. The number of likely N-dealkylation sites (N-methyl/N-ethyl adjacent to an activating group) is 2. The third kappa shape index (κ3) is 9.26. The van der Waals surface area contributed by atoms with Crippen LogP contribution in [0.1, 0.15) is 84.6 Å². The summed E-state index contributed by atoms with van der Waals surface area (Å²) in [6.45, 7) is 24.6. The summed E-state index contributed by atoms with van der Waals surface area (Å²) in [5.41, 5.74) is 16.4. The molecule has 9 rings (SSSR count). The average Bonchev–Trinajstić information content (AvgIpc) is 3.75. The van der Waals surface area contributed by atoms with Crippen molar-refractivity contribution in [3.05, 3.63) is 186 Å². The zero-order valence-electron chi connectivity index (χ0n) is 39.3. The topological polar surface area (TPSA) is 26.6 Å². The van der Waals surface area contributed by atoms with Crippen LogP contribution in [0, 0.1) is 0 Å². The second-order valence-corrected chi connectivity index (χ2v) is 19.1. The fourth-order valence-electron chi connectivity index (χ4n) is 9.28. The van der Waals surface area contributed by atoms with E-state index < -0.39 is 0 Å². The second kappa shape index (κ2) is 19.4. The van der Waals surface area contributed by atoms with E-state index in [-0.39, 0.29) is 27.0 Å². The van der Waals surface area contributed by atoms with Crippen LogP contribution >= 0.6 is 23.2 Å². The standard InChI is InChI=1S/C25H29N2.C12H16N.C12H15N.C5H5N.CH2Cl2/c1-24(2)18-12-7-9-14-20(18)26(5)22(24)16-11-17-23-25(3,4)19-13-8-10-15-21(19)27(23)6;2*1-9-12(2,3)10-7-5-6-8-11(10)13(9)4;1-2-4-6-5-3-1;2-1-3/h7-17H,1-6H3;5-8H,1-4H3;5-8H,1H2,2-4H3;1-5H;1H2/q2*+1;;;/p+1. The molecule has 0 radical (unpaired) electrons. The minimum atomic E-state index is 0.0143. The molecule has 0 bridgehead atoms. The van der Waals surface area contributed by atoms with Crippen molar-refractivity contribution < 1.29 is 14.1 Å². The van der Waals surface area contributed by atoms with E-state index in [1.807, 2.05) is 30.6 Å². The molecule has 4 aromatic carbocycles. The van der Waals surface area contributed by atoms with Gasteiger partial charge >= 0.3 is 0 Å². The van der Waals surface area contributed by atoms with E-state index >= 15 is 0 Å². The molecule has 4 aliphatic rings. The minimum Gasteiger partial charge on any atom is -0.348 e. The number of nitrogens with one attached hydrogen (secondary N) is 1. The largest absolute Gasteiger partial charge is 0.348 e. The van der Waals surface area contributed by atoms with Gasteiger partial charge in [-0.3, -0.25) is 0 Å². The molecule has 4 aliphatic heterocycles. The number of hydrogen-bond donors (Lipinski definition) is 0. The van der Waals surface area contributed by atoms with E-state index in [2.05, 4.69) is 236 Å². The molecule has 7 heteroatoms. The maximum absolute atomic E-state index is 4.76. The van der Waals surface area contributed by atoms with Crippen molar-refractivity contribution in [2.24, 2.45) is 0 Å². The third-order valence-corrected chi connectivity index (χ3v) is 13.4. The van der Waals surface area contributed by atoms with Crippen molar-refractivity contribution in [2.45, 2.75) is 84.0 Å². The van der Waals surface area contributed by atoms with Crippen LogP contribution in [0.25, 0.3) is 0 Å². The third-order valence-electron chi connectivity index (χ3n) is 13.4. The number of benzene rings is 4. The molecule has 0 atom stereocenters. The monoisotopic (exact) mass is 868 g/mol. The van der Waals surface area contributed by atoms with Crippen LogP contribution in [-0.4, -0.2) is 54.1 Å². The van der Waals surface area contributed by atoms with Crippen LogP contribution in [-0.2, 0) is 21.7 Å².